The van der Waals surface area contributed by atoms with E-state index in [2.05, 4.69) is 21.2 Å². The van der Waals surface area contributed by atoms with E-state index in [1.54, 1.807) is 24.3 Å². The van der Waals surface area contributed by atoms with E-state index >= 15 is 0 Å². The van der Waals surface area contributed by atoms with Crippen LogP contribution < -0.4 is 5.32 Å². The van der Waals surface area contributed by atoms with Crippen LogP contribution in [0.2, 0.25) is 0 Å². The number of carboxylic acids is 1. The number of carboxylic acid groups (broad SMARTS) is 1. The highest BCUT2D eigenvalue weighted by atomic mass is 79.9. The number of likely N-dealkylation sites (tertiary alicyclic amines) is 1. The van der Waals surface area contributed by atoms with Crippen LogP contribution in [0.1, 0.15) is 18.9 Å². The number of amides is 2. The fourth-order valence-electron chi connectivity index (χ4n) is 2.73. The molecule has 0 unspecified atom stereocenters. The SMILES string of the molecule is CC(=O)N1C[C@H](O)C[C@H]1C(=O)N[C@H](Cc1ccc(Br)cc1)C(=O)O. The van der Waals surface area contributed by atoms with Crippen LogP contribution >= 0.6 is 15.9 Å². The van der Waals surface area contributed by atoms with Gasteiger partial charge in [0, 0.05) is 30.8 Å². The molecule has 3 atom stereocenters. The molecule has 2 rings (SSSR count). The van der Waals surface area contributed by atoms with Gasteiger partial charge in [0.1, 0.15) is 12.1 Å². The molecule has 3 N–H and O–H groups in total. The number of rotatable bonds is 5. The minimum Gasteiger partial charge on any atom is -0.480 e. The number of benzene rings is 1. The fourth-order valence-corrected chi connectivity index (χ4v) is 3.00. The minimum absolute atomic E-state index is 0.0812. The molecule has 1 heterocycles. The topological polar surface area (TPSA) is 107 Å². The number of hydrogen-bond acceptors (Lipinski definition) is 4. The average Bonchev–Trinajstić information content (AvgIpc) is 2.91. The lowest BCUT2D eigenvalue weighted by atomic mass is 10.1. The molecule has 1 aromatic carbocycles. The molecule has 8 heteroatoms. The molecule has 1 aliphatic rings. The van der Waals surface area contributed by atoms with E-state index in [-0.39, 0.29) is 25.3 Å². The normalized spacial score (nSPS) is 21.4. The monoisotopic (exact) mass is 398 g/mol. The fraction of sp³-hybridized carbons (Fsp3) is 0.438. The van der Waals surface area contributed by atoms with E-state index in [4.69, 9.17) is 0 Å². The van der Waals surface area contributed by atoms with Gasteiger partial charge < -0.3 is 20.4 Å². The Hall–Kier alpha value is -1.93. The van der Waals surface area contributed by atoms with Crippen molar-refractivity contribution in [1.29, 1.82) is 0 Å². The van der Waals surface area contributed by atoms with Gasteiger partial charge in [0.25, 0.3) is 0 Å². The second kappa shape index (κ2) is 7.76. The van der Waals surface area contributed by atoms with Crippen molar-refractivity contribution in [2.75, 3.05) is 6.54 Å². The third-order valence-corrected chi connectivity index (χ3v) is 4.48. The van der Waals surface area contributed by atoms with Gasteiger partial charge in [0.05, 0.1) is 6.10 Å². The highest BCUT2D eigenvalue weighted by Gasteiger charge is 2.38. The lowest BCUT2D eigenvalue weighted by Gasteiger charge is -2.24. The molecule has 130 valence electrons. The first-order valence-corrected chi connectivity index (χ1v) is 8.30. The molecular formula is C16H19BrN2O5. The standard InChI is InChI=1S/C16H19BrN2O5/c1-9(20)19-8-12(21)7-14(19)15(22)18-13(16(23)24)6-10-2-4-11(17)5-3-10/h2-5,12-14,21H,6-8H2,1H3,(H,18,22)(H,23,24)/t12-,13-,14+/m1/s1. The van der Waals surface area contributed by atoms with Crippen molar-refractivity contribution in [2.24, 2.45) is 0 Å². The number of halogens is 1. The Morgan fingerprint density at radius 1 is 1.33 bits per heavy atom. The number of nitrogens with zero attached hydrogens (tertiary/aromatic N) is 1. The molecule has 0 saturated carbocycles. The molecule has 1 aliphatic heterocycles. The molecule has 0 spiro atoms. The van der Waals surface area contributed by atoms with Crippen LogP contribution in [0, 0.1) is 0 Å². The summed E-state index contributed by atoms with van der Waals surface area (Å²) in [7, 11) is 0. The summed E-state index contributed by atoms with van der Waals surface area (Å²) in [5, 5.41) is 21.5. The first-order chi connectivity index (χ1) is 11.3. The van der Waals surface area contributed by atoms with E-state index in [1.807, 2.05) is 0 Å². The summed E-state index contributed by atoms with van der Waals surface area (Å²) in [6, 6.07) is 5.18. The lowest BCUT2D eigenvalue weighted by Crippen LogP contribution is -2.51. The largest absolute Gasteiger partial charge is 0.480 e. The van der Waals surface area contributed by atoms with Gasteiger partial charge in [-0.2, -0.15) is 0 Å². The Morgan fingerprint density at radius 3 is 2.50 bits per heavy atom. The van der Waals surface area contributed by atoms with Crippen molar-refractivity contribution in [1.82, 2.24) is 10.2 Å². The van der Waals surface area contributed by atoms with Gasteiger partial charge in [-0.25, -0.2) is 4.79 Å². The first-order valence-electron chi connectivity index (χ1n) is 7.51. The summed E-state index contributed by atoms with van der Waals surface area (Å²) in [6.45, 7) is 1.40. The number of carbonyl (C=O) groups is 3. The Balaban J connectivity index is 2.06. The van der Waals surface area contributed by atoms with Crippen LogP contribution in [0.15, 0.2) is 28.7 Å². The number of aliphatic hydroxyl groups is 1. The van der Waals surface area contributed by atoms with Crippen LogP contribution in [0.3, 0.4) is 0 Å². The van der Waals surface area contributed by atoms with Crippen LogP contribution in [0.25, 0.3) is 0 Å². The van der Waals surface area contributed by atoms with Crippen LogP contribution in [0.5, 0.6) is 0 Å². The zero-order valence-electron chi connectivity index (χ0n) is 13.1. The van der Waals surface area contributed by atoms with Gasteiger partial charge in [-0.05, 0) is 17.7 Å². The second-order valence-electron chi connectivity index (χ2n) is 5.81. The van der Waals surface area contributed by atoms with E-state index in [1.165, 1.54) is 11.8 Å². The van der Waals surface area contributed by atoms with Gasteiger partial charge in [0.15, 0.2) is 0 Å². The molecule has 0 radical (unpaired) electrons. The highest BCUT2D eigenvalue weighted by Crippen LogP contribution is 2.19. The van der Waals surface area contributed by atoms with Crippen molar-refractivity contribution in [2.45, 2.75) is 38.0 Å². The van der Waals surface area contributed by atoms with Gasteiger partial charge in [0.2, 0.25) is 11.8 Å². The number of hydrogen-bond donors (Lipinski definition) is 3. The molecule has 1 fully saturated rings. The molecular weight excluding hydrogens is 380 g/mol. The Labute approximate surface area is 147 Å². The number of nitrogens with one attached hydrogen (secondary N) is 1. The summed E-state index contributed by atoms with van der Waals surface area (Å²) >= 11 is 3.30. The number of aliphatic carboxylic acids is 1. The second-order valence-corrected chi connectivity index (χ2v) is 6.72. The molecule has 0 aliphatic carbocycles. The van der Waals surface area contributed by atoms with E-state index in [9.17, 15) is 24.6 Å². The van der Waals surface area contributed by atoms with Gasteiger partial charge >= 0.3 is 5.97 Å². The van der Waals surface area contributed by atoms with Crippen LogP contribution in [0.4, 0.5) is 0 Å². The summed E-state index contributed by atoms with van der Waals surface area (Å²) in [5.41, 5.74) is 0.765. The molecule has 1 aromatic rings. The maximum Gasteiger partial charge on any atom is 0.326 e. The minimum atomic E-state index is -1.15. The maximum absolute atomic E-state index is 12.4. The zero-order chi connectivity index (χ0) is 17.9. The molecule has 7 nitrogen and oxygen atoms in total. The summed E-state index contributed by atoms with van der Waals surface area (Å²) in [4.78, 5) is 36.7. The summed E-state index contributed by atoms with van der Waals surface area (Å²) in [5.74, 6) is -2.04. The summed E-state index contributed by atoms with van der Waals surface area (Å²) in [6.07, 6.45) is -0.542. The molecule has 2 amide bonds. The van der Waals surface area contributed by atoms with Crippen molar-refractivity contribution >= 4 is 33.7 Å². The van der Waals surface area contributed by atoms with E-state index in [0.29, 0.717) is 0 Å². The molecule has 0 aromatic heterocycles. The third-order valence-electron chi connectivity index (χ3n) is 3.95. The van der Waals surface area contributed by atoms with Crippen molar-refractivity contribution < 1.29 is 24.6 Å². The Bertz CT molecular complexity index is 634. The molecule has 1 saturated heterocycles. The summed E-state index contributed by atoms with van der Waals surface area (Å²) < 4.78 is 0.874. The quantitative estimate of drug-likeness (QED) is 0.670. The molecule has 24 heavy (non-hydrogen) atoms. The van der Waals surface area contributed by atoms with Crippen molar-refractivity contribution in [3.63, 3.8) is 0 Å². The average molecular weight is 399 g/mol. The number of aliphatic hydroxyl groups excluding tert-OH is 1. The van der Waals surface area contributed by atoms with Crippen molar-refractivity contribution in [3.05, 3.63) is 34.3 Å². The Morgan fingerprint density at radius 2 is 1.96 bits per heavy atom. The van der Waals surface area contributed by atoms with E-state index < -0.39 is 30.1 Å². The predicted molar refractivity (Wildman–Crippen MR) is 89.2 cm³/mol. The van der Waals surface area contributed by atoms with Gasteiger partial charge in [-0.1, -0.05) is 28.1 Å². The number of β-amino-alcohol motifs (C(OH)–C–C–N with tert-alkyl or cyclic N) is 1. The first kappa shape index (κ1) is 18.4. The van der Waals surface area contributed by atoms with E-state index in [0.717, 1.165) is 10.0 Å². The van der Waals surface area contributed by atoms with Gasteiger partial charge in [-0.15, -0.1) is 0 Å². The molecule has 0 bridgehead atoms. The third kappa shape index (κ3) is 4.55. The smallest absolute Gasteiger partial charge is 0.326 e. The van der Waals surface area contributed by atoms with Gasteiger partial charge in [-0.3, -0.25) is 9.59 Å². The van der Waals surface area contributed by atoms with Crippen LogP contribution in [-0.2, 0) is 20.8 Å². The lowest BCUT2D eigenvalue weighted by molar-refractivity contribution is -0.143. The maximum atomic E-state index is 12.4. The zero-order valence-corrected chi connectivity index (χ0v) is 14.7. The van der Waals surface area contributed by atoms with Crippen LogP contribution in [-0.4, -0.2) is 57.6 Å². The Kier molecular flexibility index (Phi) is 5.95. The predicted octanol–water partition coefficient (Wildman–Crippen LogP) is 0.543. The van der Waals surface area contributed by atoms with Crippen molar-refractivity contribution in [3.8, 4) is 0 Å². The highest BCUT2D eigenvalue weighted by molar-refractivity contribution is 9.10. The number of carbonyl (C=O) groups excluding carboxylic acids is 2.